The van der Waals surface area contributed by atoms with Gasteiger partial charge in [-0.2, -0.15) is 0 Å². The van der Waals surface area contributed by atoms with E-state index in [9.17, 15) is 19.7 Å². The van der Waals surface area contributed by atoms with Crippen molar-refractivity contribution in [1.29, 1.82) is 0 Å². The van der Waals surface area contributed by atoms with Gasteiger partial charge >= 0.3 is 5.97 Å². The molecule has 0 saturated heterocycles. The first-order chi connectivity index (χ1) is 13.0. The Morgan fingerprint density at radius 2 is 2.00 bits per heavy atom. The first-order valence-electron chi connectivity index (χ1n) is 7.85. The lowest BCUT2D eigenvalue weighted by molar-refractivity contribution is -0.384. The highest BCUT2D eigenvalue weighted by Crippen LogP contribution is 2.28. The van der Waals surface area contributed by atoms with Crippen LogP contribution in [-0.2, 0) is 9.53 Å². The van der Waals surface area contributed by atoms with Gasteiger partial charge in [-0.3, -0.25) is 14.9 Å². The fraction of sp³-hybridized carbons (Fsp3) is 0.111. The SMILES string of the molecule is COc1ccc([N+](=O)[O-])cc1NC(=O)COC(=O)c1c[nH]c2ccccc12. The average Bonchev–Trinajstić information content (AvgIpc) is 3.10. The van der Waals surface area contributed by atoms with Gasteiger partial charge < -0.3 is 19.8 Å². The molecule has 0 bridgehead atoms. The average molecular weight is 369 g/mol. The van der Waals surface area contributed by atoms with Crippen LogP contribution in [0.2, 0.25) is 0 Å². The summed E-state index contributed by atoms with van der Waals surface area (Å²) in [6, 6.07) is 11.0. The van der Waals surface area contributed by atoms with E-state index in [0.29, 0.717) is 10.9 Å². The number of fused-ring (bicyclic) bond motifs is 1. The molecule has 0 fully saturated rings. The molecule has 0 atom stereocenters. The third-order valence-electron chi connectivity index (χ3n) is 3.81. The lowest BCUT2D eigenvalue weighted by atomic mass is 10.2. The number of non-ortho nitro benzene ring substituents is 1. The fourth-order valence-corrected chi connectivity index (χ4v) is 2.54. The van der Waals surface area contributed by atoms with E-state index in [1.807, 2.05) is 12.1 Å². The second kappa shape index (κ2) is 7.56. The van der Waals surface area contributed by atoms with E-state index in [0.717, 1.165) is 11.6 Å². The number of benzene rings is 2. The number of H-pyrrole nitrogens is 1. The normalized spacial score (nSPS) is 10.4. The molecule has 3 rings (SSSR count). The molecule has 2 aromatic carbocycles. The maximum absolute atomic E-state index is 12.2. The highest BCUT2D eigenvalue weighted by molar-refractivity contribution is 6.05. The highest BCUT2D eigenvalue weighted by atomic mass is 16.6. The van der Waals surface area contributed by atoms with E-state index < -0.39 is 23.4 Å². The summed E-state index contributed by atoms with van der Waals surface area (Å²) in [5, 5.41) is 14.0. The molecular weight excluding hydrogens is 354 g/mol. The molecule has 0 spiro atoms. The first kappa shape index (κ1) is 17.9. The van der Waals surface area contributed by atoms with Crippen LogP contribution in [0, 0.1) is 10.1 Å². The summed E-state index contributed by atoms with van der Waals surface area (Å²) < 4.78 is 10.1. The van der Waals surface area contributed by atoms with Crippen molar-refractivity contribution in [3.63, 3.8) is 0 Å². The second-order valence-electron chi connectivity index (χ2n) is 5.51. The molecule has 0 aliphatic heterocycles. The summed E-state index contributed by atoms with van der Waals surface area (Å²) in [7, 11) is 1.37. The number of esters is 1. The number of nitrogens with one attached hydrogen (secondary N) is 2. The first-order valence-corrected chi connectivity index (χ1v) is 7.85. The van der Waals surface area contributed by atoms with Crippen LogP contribution in [0.15, 0.2) is 48.7 Å². The number of aromatic amines is 1. The van der Waals surface area contributed by atoms with Gasteiger partial charge in [-0.15, -0.1) is 0 Å². The number of aromatic nitrogens is 1. The van der Waals surface area contributed by atoms with E-state index in [1.54, 1.807) is 12.1 Å². The van der Waals surface area contributed by atoms with E-state index >= 15 is 0 Å². The minimum atomic E-state index is -0.659. The quantitative estimate of drug-likeness (QED) is 0.391. The largest absolute Gasteiger partial charge is 0.495 e. The summed E-state index contributed by atoms with van der Waals surface area (Å²) in [5.41, 5.74) is 0.989. The summed E-state index contributed by atoms with van der Waals surface area (Å²) in [6.45, 7) is -0.551. The number of hydrogen-bond donors (Lipinski definition) is 2. The Morgan fingerprint density at radius 3 is 2.74 bits per heavy atom. The topological polar surface area (TPSA) is 124 Å². The van der Waals surface area contributed by atoms with Crippen molar-refractivity contribution >= 4 is 34.2 Å². The molecule has 2 N–H and O–H groups in total. The summed E-state index contributed by atoms with van der Waals surface area (Å²) in [6.07, 6.45) is 1.51. The van der Waals surface area contributed by atoms with Crippen LogP contribution >= 0.6 is 0 Å². The number of nitro benzene ring substituents is 1. The predicted octanol–water partition coefficient (Wildman–Crippen LogP) is 2.88. The number of ether oxygens (including phenoxy) is 2. The van der Waals surface area contributed by atoms with Crippen LogP contribution < -0.4 is 10.1 Å². The van der Waals surface area contributed by atoms with Crippen molar-refractivity contribution in [1.82, 2.24) is 4.98 Å². The number of anilines is 1. The highest BCUT2D eigenvalue weighted by Gasteiger charge is 2.17. The Labute approximate surface area is 153 Å². The van der Waals surface area contributed by atoms with Crippen LogP contribution in [0.1, 0.15) is 10.4 Å². The van der Waals surface area contributed by atoms with Gasteiger partial charge in [0, 0.05) is 29.2 Å². The zero-order chi connectivity index (χ0) is 19.4. The van der Waals surface area contributed by atoms with Gasteiger partial charge in [0.2, 0.25) is 0 Å². The third-order valence-corrected chi connectivity index (χ3v) is 3.81. The molecular formula is C18H15N3O6. The zero-order valence-corrected chi connectivity index (χ0v) is 14.2. The number of para-hydroxylation sites is 1. The molecule has 0 aliphatic rings. The predicted molar refractivity (Wildman–Crippen MR) is 96.9 cm³/mol. The van der Waals surface area contributed by atoms with Crippen molar-refractivity contribution < 1.29 is 24.0 Å². The lowest BCUT2D eigenvalue weighted by Gasteiger charge is -2.10. The number of methoxy groups -OCH3 is 1. The Balaban J connectivity index is 1.67. The van der Waals surface area contributed by atoms with Gasteiger partial charge in [0.1, 0.15) is 5.75 Å². The summed E-state index contributed by atoms with van der Waals surface area (Å²) in [4.78, 5) is 37.5. The van der Waals surface area contributed by atoms with E-state index in [1.165, 1.54) is 25.4 Å². The lowest BCUT2D eigenvalue weighted by Crippen LogP contribution is -2.21. The number of amides is 1. The maximum Gasteiger partial charge on any atom is 0.340 e. The fourth-order valence-electron chi connectivity index (χ4n) is 2.54. The van der Waals surface area contributed by atoms with Crippen LogP contribution in [-0.4, -0.2) is 35.5 Å². The number of rotatable bonds is 6. The van der Waals surface area contributed by atoms with Crippen molar-refractivity contribution in [3.8, 4) is 5.75 Å². The molecule has 9 heteroatoms. The second-order valence-corrected chi connectivity index (χ2v) is 5.51. The van der Waals surface area contributed by atoms with Crippen LogP contribution in [0.4, 0.5) is 11.4 Å². The molecule has 138 valence electrons. The maximum atomic E-state index is 12.2. The molecule has 9 nitrogen and oxygen atoms in total. The standard InChI is InChI=1S/C18H15N3O6/c1-26-16-7-6-11(21(24)25)8-15(16)20-17(22)10-27-18(23)13-9-19-14-5-3-2-4-12(13)14/h2-9,19H,10H2,1H3,(H,20,22). The van der Waals surface area contributed by atoms with Gasteiger partial charge in [-0.1, -0.05) is 18.2 Å². The molecule has 0 aliphatic carbocycles. The minimum absolute atomic E-state index is 0.111. The van der Waals surface area contributed by atoms with E-state index in [2.05, 4.69) is 10.3 Å². The van der Waals surface area contributed by atoms with E-state index in [4.69, 9.17) is 9.47 Å². The third kappa shape index (κ3) is 3.87. The molecule has 1 aromatic heterocycles. The number of carbonyl (C=O) groups excluding carboxylic acids is 2. The molecule has 0 radical (unpaired) electrons. The Morgan fingerprint density at radius 1 is 1.22 bits per heavy atom. The summed E-state index contributed by atoms with van der Waals surface area (Å²) >= 11 is 0. The zero-order valence-electron chi connectivity index (χ0n) is 14.2. The smallest absolute Gasteiger partial charge is 0.340 e. The van der Waals surface area contributed by atoms with E-state index in [-0.39, 0.29) is 17.1 Å². The Hall–Kier alpha value is -3.88. The monoisotopic (exact) mass is 369 g/mol. The van der Waals surface area contributed by atoms with Gasteiger partial charge in [0.15, 0.2) is 6.61 Å². The summed E-state index contributed by atoms with van der Waals surface area (Å²) in [5.74, 6) is -1.06. The number of carbonyl (C=O) groups is 2. The minimum Gasteiger partial charge on any atom is -0.495 e. The van der Waals surface area contributed by atoms with Crippen LogP contribution in [0.25, 0.3) is 10.9 Å². The molecule has 1 amide bonds. The van der Waals surface area contributed by atoms with Crippen molar-refractivity contribution in [2.45, 2.75) is 0 Å². The van der Waals surface area contributed by atoms with Crippen LogP contribution in [0.5, 0.6) is 5.75 Å². The molecule has 0 unspecified atom stereocenters. The molecule has 3 aromatic rings. The number of nitrogens with zero attached hydrogens (tertiary/aromatic N) is 1. The van der Waals surface area contributed by atoms with Gasteiger partial charge in [0.05, 0.1) is 23.3 Å². The number of hydrogen-bond acceptors (Lipinski definition) is 6. The molecule has 27 heavy (non-hydrogen) atoms. The molecule has 0 saturated carbocycles. The molecule has 1 heterocycles. The Kier molecular flexibility index (Phi) is 5.02. The van der Waals surface area contributed by atoms with Crippen molar-refractivity contribution in [3.05, 3.63) is 64.3 Å². The Bertz CT molecular complexity index is 1030. The van der Waals surface area contributed by atoms with Crippen molar-refractivity contribution in [2.24, 2.45) is 0 Å². The van der Waals surface area contributed by atoms with Gasteiger partial charge in [-0.25, -0.2) is 4.79 Å². The van der Waals surface area contributed by atoms with Gasteiger partial charge in [-0.05, 0) is 12.1 Å². The van der Waals surface area contributed by atoms with Gasteiger partial charge in [0.25, 0.3) is 11.6 Å². The van der Waals surface area contributed by atoms with Crippen LogP contribution in [0.3, 0.4) is 0 Å². The van der Waals surface area contributed by atoms with Crippen molar-refractivity contribution in [2.75, 3.05) is 19.0 Å². The number of nitro groups is 1.